The van der Waals surface area contributed by atoms with Gasteiger partial charge >= 0.3 is 0 Å². The van der Waals surface area contributed by atoms with Crippen LogP contribution in [0.2, 0.25) is 0 Å². The van der Waals surface area contributed by atoms with Crippen molar-refractivity contribution in [3.63, 3.8) is 0 Å². The Labute approximate surface area is 53.7 Å². The van der Waals surface area contributed by atoms with Crippen molar-refractivity contribution in [2.45, 2.75) is 13.1 Å². The van der Waals surface area contributed by atoms with Gasteiger partial charge < -0.3 is 4.57 Å². The van der Waals surface area contributed by atoms with Crippen LogP contribution in [0.15, 0.2) is 6.20 Å². The van der Waals surface area contributed by atoms with Gasteiger partial charge in [-0.05, 0) is 0 Å². The maximum atomic E-state index is 4.12. The molecular weight excluding hydrogens is 114 g/mol. The fraction of sp³-hybridized carbons (Fsp3) is 0.500. The standard InChI is InChI=1S/C6H8N3/c1-2-7-5-9-4-3-8-6(1)9/h3,7H,1-2,5H2. The first-order valence-electron chi connectivity index (χ1n) is 3.09. The van der Waals surface area contributed by atoms with Gasteiger partial charge in [0.2, 0.25) is 0 Å². The number of hydrogen-bond acceptors (Lipinski definition) is 2. The summed E-state index contributed by atoms with van der Waals surface area (Å²) in [7, 11) is 0. The zero-order valence-electron chi connectivity index (χ0n) is 5.09. The van der Waals surface area contributed by atoms with Gasteiger partial charge in [0.15, 0.2) is 0 Å². The second-order valence-corrected chi connectivity index (χ2v) is 2.14. The first-order valence-corrected chi connectivity index (χ1v) is 3.09. The van der Waals surface area contributed by atoms with Crippen LogP contribution in [0.5, 0.6) is 0 Å². The van der Waals surface area contributed by atoms with Gasteiger partial charge in [0.05, 0.1) is 19.1 Å². The second kappa shape index (κ2) is 1.84. The van der Waals surface area contributed by atoms with Crippen LogP contribution in [-0.4, -0.2) is 16.1 Å². The molecule has 3 heteroatoms. The summed E-state index contributed by atoms with van der Waals surface area (Å²) in [6.45, 7) is 1.92. The van der Waals surface area contributed by atoms with Crippen molar-refractivity contribution in [3.8, 4) is 0 Å². The molecule has 0 fully saturated rings. The predicted octanol–water partition coefficient (Wildman–Crippen LogP) is -0.214. The Kier molecular flexibility index (Phi) is 1.02. The van der Waals surface area contributed by atoms with Crippen LogP contribution in [0.1, 0.15) is 5.82 Å². The maximum absolute atomic E-state index is 4.12. The molecule has 0 atom stereocenters. The van der Waals surface area contributed by atoms with Crippen molar-refractivity contribution < 1.29 is 0 Å². The van der Waals surface area contributed by atoms with Crippen LogP contribution in [-0.2, 0) is 13.1 Å². The van der Waals surface area contributed by atoms with E-state index in [1.165, 1.54) is 0 Å². The Morgan fingerprint density at radius 1 is 1.78 bits per heavy atom. The van der Waals surface area contributed by atoms with Crippen molar-refractivity contribution in [3.05, 3.63) is 18.2 Å². The summed E-state index contributed by atoms with van der Waals surface area (Å²) in [5.41, 5.74) is 0. The molecule has 3 nitrogen and oxygen atoms in total. The lowest BCUT2D eigenvalue weighted by Crippen LogP contribution is -2.28. The van der Waals surface area contributed by atoms with Gasteiger partial charge in [0.1, 0.15) is 5.82 Å². The average molecular weight is 122 g/mol. The molecule has 0 saturated heterocycles. The molecule has 2 rings (SSSR count). The van der Waals surface area contributed by atoms with Crippen LogP contribution in [0, 0.1) is 6.20 Å². The van der Waals surface area contributed by atoms with Crippen LogP contribution in [0.25, 0.3) is 0 Å². The van der Waals surface area contributed by atoms with Gasteiger partial charge in [0.25, 0.3) is 0 Å². The second-order valence-electron chi connectivity index (χ2n) is 2.14. The summed E-state index contributed by atoms with van der Waals surface area (Å²) in [6, 6.07) is 0. The minimum absolute atomic E-state index is 0.870. The van der Waals surface area contributed by atoms with E-state index in [-0.39, 0.29) is 0 Å². The summed E-state index contributed by atoms with van der Waals surface area (Å²) < 4.78 is 2.00. The molecule has 1 aromatic heterocycles. The van der Waals surface area contributed by atoms with E-state index in [0.29, 0.717) is 0 Å². The lowest BCUT2D eigenvalue weighted by atomic mass is 10.3. The van der Waals surface area contributed by atoms with Crippen LogP contribution >= 0.6 is 0 Å². The molecule has 47 valence electrons. The molecular formula is C6H8N3. The zero-order valence-corrected chi connectivity index (χ0v) is 5.09. The number of nitrogens with one attached hydrogen (secondary N) is 1. The van der Waals surface area contributed by atoms with Gasteiger partial charge in [-0.15, -0.1) is 0 Å². The molecule has 9 heavy (non-hydrogen) atoms. The zero-order chi connectivity index (χ0) is 6.10. The van der Waals surface area contributed by atoms with E-state index >= 15 is 0 Å². The smallest absolute Gasteiger partial charge is 0.111 e. The van der Waals surface area contributed by atoms with E-state index in [4.69, 9.17) is 0 Å². The first-order chi connectivity index (χ1) is 4.47. The third-order valence-corrected chi connectivity index (χ3v) is 1.53. The molecule has 0 spiro atoms. The highest BCUT2D eigenvalue weighted by Gasteiger charge is 2.06. The summed E-state index contributed by atoms with van der Waals surface area (Å²) in [4.78, 5) is 4.12. The Bertz CT molecular complexity index is 183. The largest absolute Gasteiger partial charge is 0.313 e. The third-order valence-electron chi connectivity index (χ3n) is 1.53. The highest BCUT2D eigenvalue weighted by Crippen LogP contribution is 1.99. The number of nitrogens with zero attached hydrogens (tertiary/aromatic N) is 2. The monoisotopic (exact) mass is 122 g/mol. The van der Waals surface area contributed by atoms with E-state index < -0.39 is 0 Å². The van der Waals surface area contributed by atoms with E-state index in [1.54, 1.807) is 6.20 Å². The summed E-state index contributed by atoms with van der Waals surface area (Å²) in [5, 5.41) is 3.22. The van der Waals surface area contributed by atoms with Crippen molar-refractivity contribution in [1.29, 1.82) is 0 Å². The fourth-order valence-corrected chi connectivity index (χ4v) is 1.04. The van der Waals surface area contributed by atoms with Crippen LogP contribution < -0.4 is 5.32 Å². The van der Waals surface area contributed by atoms with Crippen molar-refractivity contribution in [2.24, 2.45) is 0 Å². The normalized spacial score (nSPS) is 17.3. The van der Waals surface area contributed by atoms with Crippen LogP contribution in [0.3, 0.4) is 0 Å². The van der Waals surface area contributed by atoms with Gasteiger partial charge in [-0.2, -0.15) is 0 Å². The molecule has 2 heterocycles. The lowest BCUT2D eigenvalue weighted by molar-refractivity contribution is 0.485. The summed E-state index contributed by atoms with van der Waals surface area (Å²) in [6.07, 6.45) is 5.76. The molecule has 0 amide bonds. The fourth-order valence-electron chi connectivity index (χ4n) is 1.04. The maximum Gasteiger partial charge on any atom is 0.111 e. The number of fused-ring (bicyclic) bond motifs is 1. The van der Waals surface area contributed by atoms with Crippen molar-refractivity contribution in [1.82, 2.24) is 14.9 Å². The topological polar surface area (TPSA) is 29.9 Å². The van der Waals surface area contributed by atoms with E-state index in [1.807, 2.05) is 4.57 Å². The van der Waals surface area contributed by atoms with Gasteiger partial charge in [-0.25, -0.2) is 4.98 Å². The average Bonchev–Trinajstić information content (AvgIpc) is 2.33. The van der Waals surface area contributed by atoms with E-state index in [0.717, 1.165) is 25.5 Å². The summed E-state index contributed by atoms with van der Waals surface area (Å²) >= 11 is 0. The summed E-state index contributed by atoms with van der Waals surface area (Å²) in [5.74, 6) is 1.15. The molecule has 1 aliphatic heterocycles. The van der Waals surface area contributed by atoms with Gasteiger partial charge in [-0.3, -0.25) is 5.32 Å². The molecule has 1 N–H and O–H groups in total. The van der Waals surface area contributed by atoms with Gasteiger partial charge in [-0.1, -0.05) is 0 Å². The number of imidazole rings is 1. The predicted molar refractivity (Wildman–Crippen MR) is 32.8 cm³/mol. The van der Waals surface area contributed by atoms with Crippen LogP contribution in [0.4, 0.5) is 0 Å². The molecule has 1 aliphatic rings. The third kappa shape index (κ3) is 0.733. The molecule has 0 bridgehead atoms. The highest BCUT2D eigenvalue weighted by atomic mass is 15.2. The molecule has 1 radical (unpaired) electrons. The molecule has 0 aromatic carbocycles. The number of hydrogen-bond donors (Lipinski definition) is 1. The van der Waals surface area contributed by atoms with E-state index in [9.17, 15) is 0 Å². The lowest BCUT2D eigenvalue weighted by Gasteiger charge is -2.13. The first kappa shape index (κ1) is 4.99. The Morgan fingerprint density at radius 3 is 3.67 bits per heavy atom. The highest BCUT2D eigenvalue weighted by molar-refractivity contribution is 4.93. The van der Waals surface area contributed by atoms with E-state index in [2.05, 4.69) is 16.5 Å². The Balaban J connectivity index is 2.39. The quantitative estimate of drug-likeness (QED) is 0.516. The minimum Gasteiger partial charge on any atom is -0.313 e. The Hall–Kier alpha value is -0.830. The molecule has 0 unspecified atom stereocenters. The molecule has 0 saturated carbocycles. The van der Waals surface area contributed by atoms with Crippen molar-refractivity contribution in [2.75, 3.05) is 6.54 Å². The van der Waals surface area contributed by atoms with Gasteiger partial charge in [0, 0.05) is 13.0 Å². The Morgan fingerprint density at radius 2 is 2.78 bits per heavy atom. The molecule has 0 aliphatic carbocycles. The SMILES string of the molecule is [c]1cnc2n1CNCC2. The number of rotatable bonds is 0. The number of aromatic nitrogens is 2. The minimum atomic E-state index is 0.870. The molecule has 1 aromatic rings. The van der Waals surface area contributed by atoms with Crippen molar-refractivity contribution >= 4 is 0 Å².